The summed E-state index contributed by atoms with van der Waals surface area (Å²) >= 11 is 0. The number of ether oxygens (including phenoxy) is 1. The van der Waals surface area contributed by atoms with E-state index in [-0.39, 0.29) is 6.61 Å². The van der Waals surface area contributed by atoms with E-state index in [9.17, 15) is 0 Å². The molecule has 2 aromatic heterocycles. The van der Waals surface area contributed by atoms with Gasteiger partial charge in [-0.1, -0.05) is 0 Å². The van der Waals surface area contributed by atoms with Crippen molar-refractivity contribution in [2.24, 2.45) is 0 Å². The van der Waals surface area contributed by atoms with Crippen LogP contribution in [0.2, 0.25) is 0 Å². The summed E-state index contributed by atoms with van der Waals surface area (Å²) in [6.07, 6.45) is 7.17. The number of aromatic amines is 1. The van der Waals surface area contributed by atoms with Crippen LogP contribution in [-0.2, 0) is 6.61 Å². The van der Waals surface area contributed by atoms with Gasteiger partial charge < -0.3 is 14.1 Å². The molecule has 0 saturated carbocycles. The van der Waals surface area contributed by atoms with Crippen LogP contribution in [0.1, 0.15) is 5.89 Å². The summed E-state index contributed by atoms with van der Waals surface area (Å²) in [5.74, 6) is 1.01. The van der Waals surface area contributed by atoms with Crippen molar-refractivity contribution in [3.63, 3.8) is 0 Å². The number of hydrogen-bond donors (Lipinski definition) is 1. The Kier molecular flexibility index (Phi) is 1.77. The maximum absolute atomic E-state index is 5.16. The smallest absolute Gasteiger partial charge is 0.232 e. The van der Waals surface area contributed by atoms with E-state index in [1.165, 1.54) is 6.26 Å². The number of nitrogens with zero attached hydrogens (tertiary/aromatic N) is 2. The highest BCUT2D eigenvalue weighted by atomic mass is 16.5. The SMILES string of the molecule is [c]1nc(OCc2ncco2)c[nH]1. The van der Waals surface area contributed by atoms with Crippen molar-refractivity contribution in [1.29, 1.82) is 0 Å². The molecule has 0 aliphatic heterocycles. The van der Waals surface area contributed by atoms with Gasteiger partial charge in [-0.25, -0.2) is 4.98 Å². The van der Waals surface area contributed by atoms with Gasteiger partial charge in [0.05, 0.1) is 12.4 Å². The van der Waals surface area contributed by atoms with E-state index in [1.54, 1.807) is 12.4 Å². The molecular weight excluding hydrogens is 158 g/mol. The Hall–Kier alpha value is -1.78. The predicted octanol–water partition coefficient (Wildman–Crippen LogP) is 0.777. The summed E-state index contributed by atoms with van der Waals surface area (Å²) in [5, 5.41) is 0. The fourth-order valence-corrected chi connectivity index (χ4v) is 0.748. The van der Waals surface area contributed by atoms with Crippen molar-refractivity contribution in [2.45, 2.75) is 6.61 Å². The van der Waals surface area contributed by atoms with Crippen molar-refractivity contribution in [3.8, 4) is 5.88 Å². The number of nitrogens with one attached hydrogen (secondary N) is 1. The maximum atomic E-state index is 5.16. The molecule has 0 aliphatic rings. The number of oxazole rings is 1. The van der Waals surface area contributed by atoms with Crippen LogP contribution >= 0.6 is 0 Å². The van der Waals surface area contributed by atoms with Gasteiger partial charge in [-0.05, 0) is 0 Å². The Bertz CT molecular complexity index is 280. The summed E-state index contributed by atoms with van der Waals surface area (Å²) in [6.45, 7) is 0.283. The van der Waals surface area contributed by atoms with Crippen LogP contribution in [0, 0.1) is 6.33 Å². The van der Waals surface area contributed by atoms with E-state index in [2.05, 4.69) is 21.3 Å². The van der Waals surface area contributed by atoms with E-state index in [0.29, 0.717) is 11.8 Å². The first-order chi connectivity index (χ1) is 5.95. The third-order valence-electron chi connectivity index (χ3n) is 1.25. The molecule has 0 spiro atoms. The third-order valence-corrected chi connectivity index (χ3v) is 1.25. The maximum Gasteiger partial charge on any atom is 0.232 e. The molecule has 5 nitrogen and oxygen atoms in total. The molecule has 0 amide bonds. The third kappa shape index (κ3) is 1.45. The van der Waals surface area contributed by atoms with Gasteiger partial charge in [-0.15, -0.1) is 0 Å². The first kappa shape index (κ1) is 6.90. The zero-order valence-electron chi connectivity index (χ0n) is 6.15. The minimum Gasteiger partial charge on any atom is -0.467 e. The largest absolute Gasteiger partial charge is 0.467 e. The molecule has 1 radical (unpaired) electrons. The molecular formula is C7H6N3O2. The van der Waals surface area contributed by atoms with Crippen molar-refractivity contribution in [2.75, 3.05) is 0 Å². The van der Waals surface area contributed by atoms with Gasteiger partial charge in [-0.3, -0.25) is 0 Å². The Morgan fingerprint density at radius 1 is 1.67 bits per heavy atom. The first-order valence-electron chi connectivity index (χ1n) is 3.38. The lowest BCUT2D eigenvalue weighted by molar-refractivity contribution is 0.254. The second kappa shape index (κ2) is 3.08. The lowest BCUT2D eigenvalue weighted by Crippen LogP contribution is -1.94. The minimum absolute atomic E-state index is 0.283. The van der Waals surface area contributed by atoms with Gasteiger partial charge in [0.15, 0.2) is 12.9 Å². The molecule has 0 aromatic carbocycles. The van der Waals surface area contributed by atoms with E-state index in [1.807, 2.05) is 0 Å². The molecule has 0 bridgehead atoms. The normalized spacial score (nSPS) is 10.0. The monoisotopic (exact) mass is 164 g/mol. The van der Waals surface area contributed by atoms with Gasteiger partial charge in [0.2, 0.25) is 11.8 Å². The van der Waals surface area contributed by atoms with Gasteiger partial charge in [0, 0.05) is 0 Å². The zero-order valence-corrected chi connectivity index (χ0v) is 6.15. The average molecular weight is 164 g/mol. The average Bonchev–Trinajstić information content (AvgIpc) is 2.74. The number of imidazole rings is 1. The van der Waals surface area contributed by atoms with E-state index in [0.717, 1.165) is 0 Å². The molecule has 1 N–H and O–H groups in total. The molecule has 0 aliphatic carbocycles. The minimum atomic E-state index is 0.283. The summed E-state index contributed by atoms with van der Waals surface area (Å²) in [4.78, 5) is 10.3. The van der Waals surface area contributed by atoms with Crippen LogP contribution in [-0.4, -0.2) is 15.0 Å². The molecule has 2 heterocycles. The first-order valence-corrected chi connectivity index (χ1v) is 3.38. The van der Waals surface area contributed by atoms with Crippen molar-refractivity contribution < 1.29 is 9.15 Å². The van der Waals surface area contributed by atoms with Gasteiger partial charge >= 0.3 is 0 Å². The molecule has 61 valence electrons. The summed E-state index contributed by atoms with van der Waals surface area (Å²) < 4.78 is 10.1. The number of H-pyrrole nitrogens is 1. The Balaban J connectivity index is 1.91. The molecule has 0 unspecified atom stereocenters. The highest BCUT2D eigenvalue weighted by molar-refractivity contribution is 5.00. The van der Waals surface area contributed by atoms with Crippen LogP contribution in [0.3, 0.4) is 0 Å². The van der Waals surface area contributed by atoms with E-state index < -0.39 is 0 Å². The number of hydrogen-bond acceptors (Lipinski definition) is 4. The Morgan fingerprint density at radius 2 is 2.67 bits per heavy atom. The molecule has 0 fully saturated rings. The lowest BCUT2D eigenvalue weighted by Gasteiger charge is -1.96. The summed E-state index contributed by atoms with van der Waals surface area (Å²) in [6, 6.07) is 0. The van der Waals surface area contributed by atoms with Crippen LogP contribution in [0.15, 0.2) is 23.1 Å². The molecule has 5 heteroatoms. The number of rotatable bonds is 3. The standard InChI is InChI=1S/C7H6N3O2/c1-2-11-7(9-1)4-12-6-3-8-5-10-6/h1-3H,4H2,(H,8,10). The molecule has 0 saturated heterocycles. The van der Waals surface area contributed by atoms with Crippen LogP contribution in [0.5, 0.6) is 5.88 Å². The lowest BCUT2D eigenvalue weighted by atomic mass is 10.7. The number of aromatic nitrogens is 3. The fraction of sp³-hybridized carbons (Fsp3) is 0.143. The van der Waals surface area contributed by atoms with Gasteiger partial charge in [-0.2, -0.15) is 4.98 Å². The molecule has 2 rings (SSSR count). The molecule has 0 atom stereocenters. The summed E-state index contributed by atoms with van der Waals surface area (Å²) in [7, 11) is 0. The molecule has 12 heavy (non-hydrogen) atoms. The van der Waals surface area contributed by atoms with E-state index >= 15 is 0 Å². The van der Waals surface area contributed by atoms with Crippen LogP contribution < -0.4 is 4.74 Å². The molecule has 2 aromatic rings. The fourth-order valence-electron chi connectivity index (χ4n) is 0.748. The predicted molar refractivity (Wildman–Crippen MR) is 38.3 cm³/mol. The van der Waals surface area contributed by atoms with Gasteiger partial charge in [0.25, 0.3) is 0 Å². The van der Waals surface area contributed by atoms with E-state index in [4.69, 9.17) is 9.15 Å². The van der Waals surface area contributed by atoms with Crippen molar-refractivity contribution in [3.05, 3.63) is 30.9 Å². The quantitative estimate of drug-likeness (QED) is 0.727. The Morgan fingerprint density at radius 3 is 3.33 bits per heavy atom. The van der Waals surface area contributed by atoms with Crippen LogP contribution in [0.4, 0.5) is 0 Å². The van der Waals surface area contributed by atoms with Crippen molar-refractivity contribution >= 4 is 0 Å². The second-order valence-corrected chi connectivity index (χ2v) is 2.07. The van der Waals surface area contributed by atoms with Crippen LogP contribution in [0.25, 0.3) is 0 Å². The van der Waals surface area contributed by atoms with Gasteiger partial charge in [0.1, 0.15) is 6.26 Å². The summed E-state index contributed by atoms with van der Waals surface area (Å²) in [5.41, 5.74) is 0. The van der Waals surface area contributed by atoms with Crippen molar-refractivity contribution in [1.82, 2.24) is 15.0 Å². The Labute approximate surface area is 68.4 Å². The topological polar surface area (TPSA) is 63.9 Å². The highest BCUT2D eigenvalue weighted by Crippen LogP contribution is 2.04. The highest BCUT2D eigenvalue weighted by Gasteiger charge is 1.99. The second-order valence-electron chi connectivity index (χ2n) is 2.07. The zero-order chi connectivity index (χ0) is 8.23.